The second-order valence-corrected chi connectivity index (χ2v) is 13.8. The van der Waals surface area contributed by atoms with Gasteiger partial charge < -0.3 is 24.3 Å². The maximum Gasteiger partial charge on any atom is 0.459 e. The first-order valence-electron chi connectivity index (χ1n) is 19.2. The number of ether oxygens (including phenoxy) is 1. The van der Waals surface area contributed by atoms with E-state index in [1.807, 2.05) is 6.07 Å². The summed E-state index contributed by atoms with van der Waals surface area (Å²) in [6, 6.07) is 20.3. The molecule has 0 aliphatic carbocycles. The highest BCUT2D eigenvalue weighted by Crippen LogP contribution is 2.45. The van der Waals surface area contributed by atoms with E-state index in [-0.39, 0.29) is 51.1 Å². The van der Waals surface area contributed by atoms with Gasteiger partial charge in [0, 0.05) is 24.9 Å². The van der Waals surface area contributed by atoms with Crippen LogP contribution in [-0.2, 0) is 44.5 Å². The van der Waals surface area contributed by atoms with Crippen molar-refractivity contribution < 1.29 is 56.1 Å². The van der Waals surface area contributed by atoms with Gasteiger partial charge in [-0.05, 0) is 53.2 Å². The van der Waals surface area contributed by atoms with Crippen molar-refractivity contribution in [2.24, 2.45) is 0 Å². The van der Waals surface area contributed by atoms with Crippen molar-refractivity contribution in [1.82, 2.24) is 35.5 Å². The Morgan fingerprint density at radius 1 is 0.887 bits per heavy atom. The van der Waals surface area contributed by atoms with Crippen LogP contribution in [0.25, 0.3) is 22.5 Å². The Kier molecular flexibility index (Phi) is 15.5. The van der Waals surface area contributed by atoms with Crippen LogP contribution in [0, 0.1) is 20.2 Å². The SMILES string of the molecule is CCCCc1nc(C(F)(F)C(F)(F)F)c(C(=O)NC(Cc2ccccc2)C(=O)OCCCCC(CO[N+](=O)[O-])O[N+](=O)[O-])n1Cc1ccc(-c2ccccc2-c2nn[nH]n2)cc1. The van der Waals surface area contributed by atoms with Gasteiger partial charge >= 0.3 is 18.1 Å². The summed E-state index contributed by atoms with van der Waals surface area (Å²) < 4.78 is 79.6. The van der Waals surface area contributed by atoms with Crippen LogP contribution in [0.5, 0.6) is 0 Å². The molecule has 0 radical (unpaired) electrons. The van der Waals surface area contributed by atoms with Crippen LogP contribution in [0.1, 0.15) is 72.2 Å². The Bertz CT molecular complexity index is 2280. The molecule has 18 nitrogen and oxygen atoms in total. The zero-order valence-corrected chi connectivity index (χ0v) is 32.9. The fourth-order valence-electron chi connectivity index (χ4n) is 6.41. The summed E-state index contributed by atoms with van der Waals surface area (Å²) in [5.41, 5.74) is -0.0200. The number of amides is 1. The number of hydrogen-bond acceptors (Lipinski definition) is 13. The van der Waals surface area contributed by atoms with E-state index in [9.17, 15) is 43.0 Å². The number of nitrogens with zero attached hydrogens (tertiary/aromatic N) is 7. The Balaban J connectivity index is 1.45. The van der Waals surface area contributed by atoms with E-state index in [2.05, 4.69) is 40.6 Å². The molecule has 1 amide bonds. The van der Waals surface area contributed by atoms with E-state index < -0.39 is 64.3 Å². The molecule has 3 aromatic carbocycles. The van der Waals surface area contributed by atoms with Crippen LogP contribution in [-0.4, -0.2) is 83.8 Å². The van der Waals surface area contributed by atoms with Crippen molar-refractivity contribution in [2.45, 2.75) is 82.7 Å². The van der Waals surface area contributed by atoms with E-state index in [0.717, 1.165) is 4.57 Å². The second-order valence-electron chi connectivity index (χ2n) is 13.8. The molecule has 5 aromatic rings. The average molecular weight is 874 g/mol. The van der Waals surface area contributed by atoms with Gasteiger partial charge in [-0.2, -0.15) is 27.2 Å². The molecular formula is C39H40F5N9O9. The smallest absolute Gasteiger partial charge is 0.459 e. The highest BCUT2D eigenvalue weighted by atomic mass is 19.4. The minimum absolute atomic E-state index is 0.0464. The molecule has 0 saturated heterocycles. The van der Waals surface area contributed by atoms with Crippen LogP contribution in [0.3, 0.4) is 0 Å². The first-order valence-corrected chi connectivity index (χ1v) is 19.2. The van der Waals surface area contributed by atoms with Crippen LogP contribution in [0.4, 0.5) is 22.0 Å². The second kappa shape index (κ2) is 20.9. The zero-order valence-electron chi connectivity index (χ0n) is 32.9. The minimum Gasteiger partial charge on any atom is -0.464 e. The van der Waals surface area contributed by atoms with Gasteiger partial charge in [-0.25, -0.2) is 9.78 Å². The third kappa shape index (κ3) is 12.0. The highest BCUT2D eigenvalue weighted by molar-refractivity contribution is 5.97. The fourth-order valence-corrected chi connectivity index (χ4v) is 6.41. The van der Waals surface area contributed by atoms with Crippen LogP contribution in [0.2, 0.25) is 0 Å². The average Bonchev–Trinajstić information content (AvgIpc) is 3.91. The standard InChI is InChI=1S/C39H40F5N9O9/c1-2-3-16-32-46-34(38(40,41)39(42,43)44)33(51(32)23-26-17-19-27(20-18-26)29-14-7-8-15-30(29)35-47-49-50-48-35)36(54)45-31(22-25-11-5-4-6-12-25)37(55)60-21-10-9-13-28(62-53(58)59)24-61-52(56)57/h4-8,11-12,14-15,17-20,28,31H,2-3,9-10,13,16,21-24H2,1H3,(H,45,54)(H,47,48,49,50). The normalized spacial score (nSPS) is 12.6. The number of aromatic amines is 1. The monoisotopic (exact) mass is 873 g/mol. The number of carbonyl (C=O) groups is 2. The van der Waals surface area contributed by atoms with Crippen molar-refractivity contribution in [3.05, 3.63) is 127 Å². The lowest BCUT2D eigenvalue weighted by molar-refractivity contribution is -0.790. The lowest BCUT2D eigenvalue weighted by atomic mass is 9.98. The van der Waals surface area contributed by atoms with E-state index in [1.54, 1.807) is 79.7 Å². The summed E-state index contributed by atoms with van der Waals surface area (Å²) >= 11 is 0. The van der Waals surface area contributed by atoms with E-state index >= 15 is 8.78 Å². The number of unbranched alkanes of at least 4 members (excludes halogenated alkanes) is 2. The van der Waals surface area contributed by atoms with Gasteiger partial charge in [0.2, 0.25) is 5.82 Å². The Morgan fingerprint density at radius 3 is 2.21 bits per heavy atom. The minimum atomic E-state index is -6.15. The molecule has 62 heavy (non-hydrogen) atoms. The number of halogens is 5. The summed E-state index contributed by atoms with van der Waals surface area (Å²) in [7, 11) is 0. The predicted molar refractivity (Wildman–Crippen MR) is 206 cm³/mol. The van der Waals surface area contributed by atoms with E-state index in [4.69, 9.17) is 4.74 Å². The van der Waals surface area contributed by atoms with Crippen LogP contribution >= 0.6 is 0 Å². The Hall–Kier alpha value is -7.07. The van der Waals surface area contributed by atoms with Crippen molar-refractivity contribution in [3.63, 3.8) is 0 Å². The molecule has 2 aromatic heterocycles. The summed E-state index contributed by atoms with van der Waals surface area (Å²) in [6.45, 7) is 0.332. The van der Waals surface area contributed by atoms with Crippen molar-refractivity contribution in [2.75, 3.05) is 13.2 Å². The number of alkyl halides is 5. The Labute approximate surface area is 349 Å². The molecule has 0 spiro atoms. The lowest BCUT2D eigenvalue weighted by Crippen LogP contribution is -2.45. The molecular weight excluding hydrogens is 833 g/mol. The van der Waals surface area contributed by atoms with Gasteiger partial charge in [0.05, 0.1) is 6.61 Å². The van der Waals surface area contributed by atoms with Crippen molar-refractivity contribution >= 4 is 11.9 Å². The summed E-state index contributed by atoms with van der Waals surface area (Å²) in [5, 5.41) is 35.4. The number of esters is 1. The summed E-state index contributed by atoms with van der Waals surface area (Å²) in [4.78, 5) is 61.4. The largest absolute Gasteiger partial charge is 0.464 e. The number of H-pyrrole nitrogens is 1. The van der Waals surface area contributed by atoms with E-state index in [0.29, 0.717) is 46.5 Å². The molecule has 0 saturated carbocycles. The molecule has 0 aliphatic rings. The van der Waals surface area contributed by atoms with Crippen molar-refractivity contribution in [1.29, 1.82) is 0 Å². The maximum atomic E-state index is 15.5. The highest BCUT2D eigenvalue weighted by Gasteiger charge is 2.62. The number of tetrazole rings is 1. The number of nitrogens with one attached hydrogen (secondary N) is 2. The lowest BCUT2D eigenvalue weighted by Gasteiger charge is -2.22. The first-order chi connectivity index (χ1) is 29.6. The van der Waals surface area contributed by atoms with Gasteiger partial charge in [-0.3, -0.25) is 4.79 Å². The number of imidazole rings is 1. The topological polar surface area (TPSA) is 232 Å². The number of aryl methyl sites for hydroxylation is 1. The number of benzene rings is 3. The van der Waals surface area contributed by atoms with Gasteiger partial charge in [0.15, 0.2) is 5.69 Å². The van der Waals surface area contributed by atoms with Gasteiger partial charge in [-0.1, -0.05) is 92.2 Å². The van der Waals surface area contributed by atoms with Gasteiger partial charge in [-0.15, -0.1) is 30.4 Å². The molecule has 330 valence electrons. The molecule has 0 aliphatic heterocycles. The third-order valence-corrected chi connectivity index (χ3v) is 9.43. The molecule has 0 bridgehead atoms. The maximum absolute atomic E-state index is 15.5. The summed E-state index contributed by atoms with van der Waals surface area (Å²) in [5.74, 6) is -8.01. The zero-order chi connectivity index (χ0) is 44.9. The number of hydrogen-bond donors (Lipinski definition) is 2. The number of rotatable bonds is 23. The number of carbonyl (C=O) groups excluding carboxylic acids is 2. The van der Waals surface area contributed by atoms with Gasteiger partial charge in [0.1, 0.15) is 30.3 Å². The molecule has 0 fully saturated rings. The molecule has 5 rings (SSSR count). The molecule has 2 heterocycles. The first kappa shape index (κ1) is 46.0. The molecule has 2 unspecified atom stereocenters. The molecule has 2 N–H and O–H groups in total. The fraction of sp³-hybridized carbons (Fsp3) is 0.385. The third-order valence-electron chi connectivity index (χ3n) is 9.43. The molecule has 2 atom stereocenters. The van der Waals surface area contributed by atoms with Crippen LogP contribution in [0.15, 0.2) is 78.9 Å². The van der Waals surface area contributed by atoms with Crippen molar-refractivity contribution in [3.8, 4) is 22.5 Å². The van der Waals surface area contributed by atoms with Crippen LogP contribution < -0.4 is 5.32 Å². The number of aromatic nitrogens is 6. The quantitative estimate of drug-likeness (QED) is 0.0231. The predicted octanol–water partition coefficient (Wildman–Crippen LogP) is 6.62. The Morgan fingerprint density at radius 2 is 1.58 bits per heavy atom. The van der Waals surface area contributed by atoms with E-state index in [1.165, 1.54) is 0 Å². The van der Waals surface area contributed by atoms with Gasteiger partial charge in [0.25, 0.3) is 16.1 Å². The summed E-state index contributed by atoms with van der Waals surface area (Å²) in [6.07, 6.45) is -6.95. The molecule has 23 heteroatoms.